The molecule has 0 radical (unpaired) electrons. The number of nitrogens with zero attached hydrogens (tertiary/aromatic N) is 2. The molecule has 23 heavy (non-hydrogen) atoms. The maximum absolute atomic E-state index is 12.2. The van der Waals surface area contributed by atoms with Gasteiger partial charge in [0.05, 0.1) is 13.2 Å². The van der Waals surface area contributed by atoms with Crippen LogP contribution in [-0.4, -0.2) is 36.7 Å². The first kappa shape index (κ1) is 17.9. The standard InChI is InChI=1S/C17H20Cl2N2O2/c1-20(2)7-3-9-23-15-6-8-21(17(22)11-15)12-13-4-5-14(18)10-16(13)19/h4-6,8,10-11H,3,7,9,12H2,1-2H3. The molecule has 0 spiro atoms. The van der Waals surface area contributed by atoms with E-state index in [1.54, 1.807) is 29.0 Å². The van der Waals surface area contributed by atoms with Gasteiger partial charge in [0, 0.05) is 28.9 Å². The fourth-order valence-electron chi connectivity index (χ4n) is 2.11. The van der Waals surface area contributed by atoms with E-state index in [0.29, 0.717) is 28.9 Å². The predicted molar refractivity (Wildman–Crippen MR) is 94.9 cm³/mol. The fraction of sp³-hybridized carbons (Fsp3) is 0.353. The average molecular weight is 355 g/mol. The van der Waals surface area contributed by atoms with Crippen LogP contribution in [0.15, 0.2) is 41.3 Å². The van der Waals surface area contributed by atoms with Crippen molar-refractivity contribution in [2.45, 2.75) is 13.0 Å². The quantitative estimate of drug-likeness (QED) is 0.713. The van der Waals surface area contributed by atoms with Crippen LogP contribution in [0.4, 0.5) is 0 Å². The molecule has 0 saturated carbocycles. The van der Waals surface area contributed by atoms with Gasteiger partial charge in [-0.2, -0.15) is 0 Å². The number of rotatable bonds is 7. The van der Waals surface area contributed by atoms with Gasteiger partial charge in [-0.3, -0.25) is 4.79 Å². The first-order chi connectivity index (χ1) is 11.0. The Balaban J connectivity index is 2.00. The molecule has 0 N–H and O–H groups in total. The molecular weight excluding hydrogens is 335 g/mol. The molecule has 2 rings (SSSR count). The fourth-order valence-corrected chi connectivity index (χ4v) is 2.58. The number of hydrogen-bond acceptors (Lipinski definition) is 3. The number of ether oxygens (including phenoxy) is 1. The maximum Gasteiger partial charge on any atom is 0.254 e. The van der Waals surface area contributed by atoms with Crippen molar-refractivity contribution in [1.82, 2.24) is 9.47 Å². The van der Waals surface area contributed by atoms with Crippen molar-refractivity contribution in [3.63, 3.8) is 0 Å². The summed E-state index contributed by atoms with van der Waals surface area (Å²) in [5.74, 6) is 0.590. The van der Waals surface area contributed by atoms with Gasteiger partial charge in [-0.05, 0) is 44.3 Å². The summed E-state index contributed by atoms with van der Waals surface area (Å²) >= 11 is 12.0. The minimum atomic E-state index is -0.124. The lowest BCUT2D eigenvalue weighted by atomic mass is 10.2. The molecule has 0 bridgehead atoms. The smallest absolute Gasteiger partial charge is 0.254 e. The van der Waals surface area contributed by atoms with Gasteiger partial charge in [-0.1, -0.05) is 29.3 Å². The van der Waals surface area contributed by atoms with Gasteiger partial charge in [-0.15, -0.1) is 0 Å². The topological polar surface area (TPSA) is 34.5 Å². The molecule has 0 saturated heterocycles. The molecule has 4 nitrogen and oxygen atoms in total. The van der Waals surface area contributed by atoms with E-state index in [2.05, 4.69) is 4.90 Å². The van der Waals surface area contributed by atoms with Crippen molar-refractivity contribution >= 4 is 23.2 Å². The first-order valence-electron chi connectivity index (χ1n) is 7.37. The third-order valence-corrected chi connectivity index (χ3v) is 3.93. The van der Waals surface area contributed by atoms with Crippen LogP contribution < -0.4 is 10.3 Å². The van der Waals surface area contributed by atoms with Gasteiger partial charge in [0.2, 0.25) is 0 Å². The van der Waals surface area contributed by atoms with E-state index in [-0.39, 0.29) is 5.56 Å². The summed E-state index contributed by atoms with van der Waals surface area (Å²) in [6.07, 6.45) is 2.63. The van der Waals surface area contributed by atoms with Gasteiger partial charge < -0.3 is 14.2 Å². The molecule has 0 aliphatic rings. The van der Waals surface area contributed by atoms with Crippen LogP contribution in [0.5, 0.6) is 5.75 Å². The lowest BCUT2D eigenvalue weighted by Gasteiger charge is -2.11. The highest BCUT2D eigenvalue weighted by molar-refractivity contribution is 6.35. The van der Waals surface area contributed by atoms with E-state index in [9.17, 15) is 4.79 Å². The van der Waals surface area contributed by atoms with E-state index in [0.717, 1.165) is 18.5 Å². The molecule has 0 fully saturated rings. The van der Waals surface area contributed by atoms with Crippen LogP contribution in [0.25, 0.3) is 0 Å². The largest absolute Gasteiger partial charge is 0.493 e. The summed E-state index contributed by atoms with van der Waals surface area (Å²) < 4.78 is 7.18. The molecule has 0 aliphatic heterocycles. The molecular formula is C17H20Cl2N2O2. The molecule has 2 aromatic rings. The number of pyridine rings is 1. The average Bonchev–Trinajstić information content (AvgIpc) is 2.48. The summed E-state index contributed by atoms with van der Waals surface area (Å²) in [7, 11) is 4.03. The Bertz CT molecular complexity index is 714. The minimum absolute atomic E-state index is 0.124. The number of aromatic nitrogens is 1. The Labute approximate surface area is 146 Å². The molecule has 0 aliphatic carbocycles. The summed E-state index contributed by atoms with van der Waals surface area (Å²) in [4.78, 5) is 14.3. The molecule has 0 unspecified atom stereocenters. The van der Waals surface area contributed by atoms with Crippen molar-refractivity contribution in [1.29, 1.82) is 0 Å². The van der Waals surface area contributed by atoms with Gasteiger partial charge in [0.15, 0.2) is 0 Å². The van der Waals surface area contributed by atoms with E-state index in [1.807, 2.05) is 20.2 Å². The Morgan fingerprint density at radius 2 is 1.96 bits per heavy atom. The van der Waals surface area contributed by atoms with Crippen LogP contribution >= 0.6 is 23.2 Å². The Morgan fingerprint density at radius 3 is 2.61 bits per heavy atom. The van der Waals surface area contributed by atoms with E-state index in [4.69, 9.17) is 27.9 Å². The summed E-state index contributed by atoms with van der Waals surface area (Å²) in [5.41, 5.74) is 0.721. The minimum Gasteiger partial charge on any atom is -0.493 e. The zero-order chi connectivity index (χ0) is 16.8. The number of halogens is 2. The normalized spacial score (nSPS) is 11.0. The lowest BCUT2D eigenvalue weighted by Crippen LogP contribution is -2.20. The predicted octanol–water partition coefficient (Wildman–Crippen LogP) is 3.53. The zero-order valence-corrected chi connectivity index (χ0v) is 14.8. The molecule has 1 aromatic carbocycles. The molecule has 1 aromatic heterocycles. The summed E-state index contributed by atoms with van der Waals surface area (Å²) in [5, 5.41) is 1.13. The zero-order valence-electron chi connectivity index (χ0n) is 13.3. The first-order valence-corrected chi connectivity index (χ1v) is 8.13. The van der Waals surface area contributed by atoms with Crippen LogP contribution in [0.3, 0.4) is 0 Å². The molecule has 6 heteroatoms. The highest BCUT2D eigenvalue weighted by atomic mass is 35.5. The van der Waals surface area contributed by atoms with Crippen LogP contribution in [-0.2, 0) is 6.54 Å². The third-order valence-electron chi connectivity index (χ3n) is 3.34. The van der Waals surface area contributed by atoms with Crippen molar-refractivity contribution in [3.05, 3.63) is 62.5 Å². The second-order valence-corrected chi connectivity index (χ2v) is 6.41. The maximum atomic E-state index is 12.2. The van der Waals surface area contributed by atoms with Crippen molar-refractivity contribution in [2.24, 2.45) is 0 Å². The molecule has 0 atom stereocenters. The van der Waals surface area contributed by atoms with E-state index >= 15 is 0 Å². The van der Waals surface area contributed by atoms with Crippen LogP contribution in [0, 0.1) is 0 Å². The second kappa shape index (κ2) is 8.39. The number of hydrogen-bond donors (Lipinski definition) is 0. The Kier molecular flexibility index (Phi) is 6.51. The van der Waals surface area contributed by atoms with Crippen molar-refractivity contribution in [2.75, 3.05) is 27.2 Å². The van der Waals surface area contributed by atoms with Crippen LogP contribution in [0.2, 0.25) is 10.0 Å². The van der Waals surface area contributed by atoms with Gasteiger partial charge in [0.25, 0.3) is 5.56 Å². The highest BCUT2D eigenvalue weighted by Crippen LogP contribution is 2.21. The van der Waals surface area contributed by atoms with Gasteiger partial charge >= 0.3 is 0 Å². The highest BCUT2D eigenvalue weighted by Gasteiger charge is 2.05. The Hall–Kier alpha value is -1.49. The third kappa shape index (κ3) is 5.57. The monoisotopic (exact) mass is 354 g/mol. The number of benzene rings is 1. The summed E-state index contributed by atoms with van der Waals surface area (Å²) in [6, 6.07) is 8.55. The van der Waals surface area contributed by atoms with Gasteiger partial charge in [-0.25, -0.2) is 0 Å². The van der Waals surface area contributed by atoms with Crippen molar-refractivity contribution < 1.29 is 4.74 Å². The summed E-state index contributed by atoms with van der Waals surface area (Å²) in [6.45, 7) is 1.94. The van der Waals surface area contributed by atoms with Gasteiger partial charge in [0.1, 0.15) is 5.75 Å². The molecule has 1 heterocycles. The van der Waals surface area contributed by atoms with E-state index < -0.39 is 0 Å². The second-order valence-electron chi connectivity index (χ2n) is 5.57. The van der Waals surface area contributed by atoms with Crippen molar-refractivity contribution in [3.8, 4) is 5.75 Å². The lowest BCUT2D eigenvalue weighted by molar-refractivity contribution is 0.281. The molecule has 124 valence electrons. The SMILES string of the molecule is CN(C)CCCOc1ccn(Cc2ccc(Cl)cc2Cl)c(=O)c1. The molecule has 0 amide bonds. The van der Waals surface area contributed by atoms with Crippen LogP contribution in [0.1, 0.15) is 12.0 Å². The Morgan fingerprint density at radius 1 is 1.17 bits per heavy atom. The van der Waals surface area contributed by atoms with E-state index in [1.165, 1.54) is 6.07 Å².